The molecule has 0 aliphatic carbocycles. The van der Waals surface area contributed by atoms with E-state index < -0.39 is 5.97 Å². The third kappa shape index (κ3) is 5.72. The molecule has 1 N–H and O–H groups in total. The van der Waals surface area contributed by atoms with E-state index in [2.05, 4.69) is 6.07 Å². The Kier molecular flexibility index (Phi) is 7.08. The highest BCUT2D eigenvalue weighted by atomic mass is 16.5. The van der Waals surface area contributed by atoms with Crippen LogP contribution in [0.25, 0.3) is 11.1 Å². The van der Waals surface area contributed by atoms with Crippen molar-refractivity contribution >= 4 is 11.9 Å². The van der Waals surface area contributed by atoms with Gasteiger partial charge >= 0.3 is 5.97 Å². The molecule has 0 aromatic heterocycles. The zero-order chi connectivity index (χ0) is 22.4. The van der Waals surface area contributed by atoms with Crippen molar-refractivity contribution in [1.82, 2.24) is 4.90 Å². The topological polar surface area (TPSA) is 66.8 Å². The van der Waals surface area contributed by atoms with Crippen molar-refractivity contribution in [3.05, 3.63) is 89.0 Å². The van der Waals surface area contributed by atoms with Gasteiger partial charge in [0.15, 0.2) is 0 Å². The zero-order valence-corrected chi connectivity index (χ0v) is 18.1. The number of aryl methyl sites for hydroxylation is 1. The standard InChI is InChI=1S/C26H27NO4/c1-18-9-11-23(24-14-21(15-26(29)30)10-12-25(24)31-3)22(13-18)17-27(19(2)28)16-20-7-5-4-6-8-20/h4-14H,15-17H2,1-3H3,(H,29,30). The maximum atomic E-state index is 12.4. The first kappa shape index (κ1) is 22.1. The molecule has 0 atom stereocenters. The first-order valence-electron chi connectivity index (χ1n) is 10.2. The van der Waals surface area contributed by atoms with Crippen molar-refractivity contribution in [2.24, 2.45) is 0 Å². The van der Waals surface area contributed by atoms with E-state index in [0.717, 1.165) is 27.8 Å². The van der Waals surface area contributed by atoms with Gasteiger partial charge in [0.05, 0.1) is 13.5 Å². The lowest BCUT2D eigenvalue weighted by molar-refractivity contribution is -0.136. The summed E-state index contributed by atoms with van der Waals surface area (Å²) in [5.74, 6) is -0.231. The predicted octanol–water partition coefficient (Wildman–Crippen LogP) is 4.85. The van der Waals surface area contributed by atoms with Crippen LogP contribution in [-0.4, -0.2) is 29.0 Å². The van der Waals surface area contributed by atoms with Crippen molar-refractivity contribution < 1.29 is 19.4 Å². The number of methoxy groups -OCH3 is 1. The van der Waals surface area contributed by atoms with E-state index in [9.17, 15) is 14.7 Å². The molecule has 0 saturated heterocycles. The molecule has 0 saturated carbocycles. The zero-order valence-electron chi connectivity index (χ0n) is 18.1. The monoisotopic (exact) mass is 417 g/mol. The first-order valence-corrected chi connectivity index (χ1v) is 10.2. The van der Waals surface area contributed by atoms with Crippen LogP contribution in [0, 0.1) is 6.92 Å². The second-order valence-corrected chi connectivity index (χ2v) is 7.63. The maximum Gasteiger partial charge on any atom is 0.307 e. The molecule has 1 amide bonds. The van der Waals surface area contributed by atoms with Crippen LogP contribution in [0.4, 0.5) is 0 Å². The summed E-state index contributed by atoms with van der Waals surface area (Å²) in [5, 5.41) is 9.19. The molecule has 160 valence electrons. The summed E-state index contributed by atoms with van der Waals surface area (Å²) >= 11 is 0. The molecule has 0 fully saturated rings. The summed E-state index contributed by atoms with van der Waals surface area (Å²) in [6, 6.07) is 21.4. The van der Waals surface area contributed by atoms with Crippen molar-refractivity contribution in [3.63, 3.8) is 0 Å². The van der Waals surface area contributed by atoms with Gasteiger partial charge in [0.1, 0.15) is 5.75 Å². The van der Waals surface area contributed by atoms with E-state index in [1.165, 1.54) is 0 Å². The van der Waals surface area contributed by atoms with Crippen molar-refractivity contribution in [2.75, 3.05) is 7.11 Å². The fourth-order valence-corrected chi connectivity index (χ4v) is 3.65. The number of hydrogen-bond acceptors (Lipinski definition) is 3. The molecule has 5 nitrogen and oxygen atoms in total. The number of carboxylic acids is 1. The predicted molar refractivity (Wildman–Crippen MR) is 121 cm³/mol. The Morgan fingerprint density at radius 3 is 2.29 bits per heavy atom. The highest BCUT2D eigenvalue weighted by molar-refractivity contribution is 5.78. The quantitative estimate of drug-likeness (QED) is 0.569. The summed E-state index contributed by atoms with van der Waals surface area (Å²) < 4.78 is 5.57. The Morgan fingerprint density at radius 2 is 1.65 bits per heavy atom. The number of carbonyl (C=O) groups excluding carboxylic acids is 1. The largest absolute Gasteiger partial charge is 0.496 e. The smallest absolute Gasteiger partial charge is 0.307 e. The molecule has 3 aromatic carbocycles. The van der Waals surface area contributed by atoms with Crippen molar-refractivity contribution in [1.29, 1.82) is 0 Å². The summed E-state index contributed by atoms with van der Waals surface area (Å²) in [4.78, 5) is 25.4. The van der Waals surface area contributed by atoms with E-state index in [-0.39, 0.29) is 12.3 Å². The number of rotatable bonds is 8. The van der Waals surface area contributed by atoms with Gasteiger partial charge in [-0.2, -0.15) is 0 Å². The van der Waals surface area contributed by atoms with Crippen LogP contribution in [0.15, 0.2) is 66.7 Å². The summed E-state index contributed by atoms with van der Waals surface area (Å²) in [7, 11) is 1.60. The number of benzene rings is 3. The minimum absolute atomic E-state index is 0.0112. The molecule has 5 heteroatoms. The van der Waals surface area contributed by atoms with E-state index in [1.54, 1.807) is 31.1 Å². The second-order valence-electron chi connectivity index (χ2n) is 7.63. The average molecular weight is 418 g/mol. The van der Waals surface area contributed by atoms with Gasteiger partial charge in [-0.15, -0.1) is 0 Å². The number of nitrogens with zero attached hydrogens (tertiary/aromatic N) is 1. The lowest BCUT2D eigenvalue weighted by atomic mass is 9.94. The molecular weight excluding hydrogens is 390 g/mol. The molecule has 0 radical (unpaired) electrons. The first-order chi connectivity index (χ1) is 14.9. The summed E-state index contributed by atoms with van der Waals surface area (Å²) in [6.07, 6.45) is -0.0637. The number of carboxylic acid groups (broad SMARTS) is 1. The Labute approximate surface area is 182 Å². The number of aliphatic carboxylic acids is 1. The number of carbonyl (C=O) groups is 2. The Balaban J connectivity index is 2.02. The van der Waals surface area contributed by atoms with E-state index in [4.69, 9.17) is 4.74 Å². The van der Waals surface area contributed by atoms with E-state index in [0.29, 0.717) is 24.4 Å². The SMILES string of the molecule is COc1ccc(CC(=O)O)cc1-c1ccc(C)cc1CN(Cc1ccccc1)C(C)=O. The van der Waals surface area contributed by atoms with Crippen molar-refractivity contribution in [2.45, 2.75) is 33.4 Å². The van der Waals surface area contributed by atoms with E-state index >= 15 is 0 Å². The molecule has 0 spiro atoms. The molecule has 0 aliphatic rings. The average Bonchev–Trinajstić information content (AvgIpc) is 2.73. The van der Waals surface area contributed by atoms with Crippen LogP contribution >= 0.6 is 0 Å². The molecule has 0 unspecified atom stereocenters. The number of ether oxygens (including phenoxy) is 1. The van der Waals surface area contributed by atoms with Crippen LogP contribution in [0.3, 0.4) is 0 Å². The molecule has 0 bridgehead atoms. The summed E-state index contributed by atoms with van der Waals surface area (Å²) in [5.41, 5.74) is 5.57. The van der Waals surface area contributed by atoms with Gasteiger partial charge in [-0.25, -0.2) is 0 Å². The number of hydrogen-bond donors (Lipinski definition) is 1. The van der Waals surface area contributed by atoms with Gasteiger partial charge in [-0.05, 0) is 41.3 Å². The van der Waals surface area contributed by atoms with E-state index in [1.807, 2.05) is 55.5 Å². The maximum absolute atomic E-state index is 12.4. The van der Waals surface area contributed by atoms with Gasteiger partial charge < -0.3 is 14.7 Å². The molecular formula is C26H27NO4. The lowest BCUT2D eigenvalue weighted by Gasteiger charge is -2.24. The summed E-state index contributed by atoms with van der Waals surface area (Å²) in [6.45, 7) is 4.54. The Hall–Kier alpha value is -3.60. The normalized spacial score (nSPS) is 10.5. The molecule has 31 heavy (non-hydrogen) atoms. The van der Waals surface area contributed by atoms with Gasteiger partial charge in [-0.3, -0.25) is 9.59 Å². The highest BCUT2D eigenvalue weighted by Gasteiger charge is 2.17. The minimum atomic E-state index is -0.883. The second kappa shape index (κ2) is 9.94. The van der Waals surface area contributed by atoms with Gasteiger partial charge in [-0.1, -0.05) is 60.2 Å². The van der Waals surface area contributed by atoms with Crippen molar-refractivity contribution in [3.8, 4) is 16.9 Å². The number of amides is 1. The van der Waals surface area contributed by atoms with Crippen LogP contribution in [0.2, 0.25) is 0 Å². The third-order valence-electron chi connectivity index (χ3n) is 5.19. The van der Waals surface area contributed by atoms with Gasteiger partial charge in [0, 0.05) is 25.6 Å². The third-order valence-corrected chi connectivity index (χ3v) is 5.19. The fraction of sp³-hybridized carbons (Fsp3) is 0.231. The minimum Gasteiger partial charge on any atom is -0.496 e. The van der Waals surface area contributed by atoms with Crippen LogP contribution < -0.4 is 4.74 Å². The molecule has 3 aromatic rings. The van der Waals surface area contributed by atoms with Gasteiger partial charge in [0.2, 0.25) is 5.91 Å². The van der Waals surface area contributed by atoms with Crippen LogP contribution in [-0.2, 0) is 29.1 Å². The lowest BCUT2D eigenvalue weighted by Crippen LogP contribution is -2.28. The Morgan fingerprint density at radius 1 is 0.903 bits per heavy atom. The Bertz CT molecular complexity index is 1080. The van der Waals surface area contributed by atoms with Crippen LogP contribution in [0.1, 0.15) is 29.2 Å². The van der Waals surface area contributed by atoms with Gasteiger partial charge in [0.25, 0.3) is 0 Å². The fourth-order valence-electron chi connectivity index (χ4n) is 3.65. The molecule has 0 heterocycles. The molecule has 3 rings (SSSR count). The molecule has 0 aliphatic heterocycles. The highest BCUT2D eigenvalue weighted by Crippen LogP contribution is 2.35. The van der Waals surface area contributed by atoms with Crippen LogP contribution in [0.5, 0.6) is 5.75 Å².